The average molecular weight is 258 g/mol. The summed E-state index contributed by atoms with van der Waals surface area (Å²) < 4.78 is 2.11. The fourth-order valence-corrected chi connectivity index (χ4v) is 3.18. The van der Waals surface area contributed by atoms with Crippen LogP contribution in [0.25, 0.3) is 11.0 Å². The Hall–Kier alpha value is -1.35. The molecule has 102 valence electrons. The largest absolute Gasteiger partial charge is 0.389 e. The first-order valence-corrected chi connectivity index (χ1v) is 7.11. The quantitative estimate of drug-likeness (QED) is 0.919. The summed E-state index contributed by atoms with van der Waals surface area (Å²) in [7, 11) is 2.03. The van der Waals surface area contributed by atoms with Crippen LogP contribution in [0.3, 0.4) is 0 Å². The normalized spacial score (nSPS) is 26.9. The highest BCUT2D eigenvalue weighted by molar-refractivity contribution is 5.75. The van der Waals surface area contributed by atoms with E-state index >= 15 is 0 Å². The van der Waals surface area contributed by atoms with E-state index in [-0.39, 0.29) is 0 Å². The summed E-state index contributed by atoms with van der Waals surface area (Å²) >= 11 is 0. The lowest BCUT2D eigenvalue weighted by Crippen LogP contribution is -2.47. The molecule has 0 spiro atoms. The van der Waals surface area contributed by atoms with Crippen molar-refractivity contribution in [2.24, 2.45) is 18.9 Å². The van der Waals surface area contributed by atoms with Gasteiger partial charge in [-0.3, -0.25) is 0 Å². The van der Waals surface area contributed by atoms with Crippen molar-refractivity contribution in [2.75, 3.05) is 0 Å². The molecule has 1 aromatic heterocycles. The van der Waals surface area contributed by atoms with E-state index in [1.165, 1.54) is 0 Å². The van der Waals surface area contributed by atoms with Gasteiger partial charge in [0.1, 0.15) is 5.82 Å². The number of fused-ring (bicyclic) bond motifs is 1. The number of benzene rings is 1. The Balaban J connectivity index is 1.81. The van der Waals surface area contributed by atoms with Crippen LogP contribution >= 0.6 is 0 Å². The molecule has 0 saturated heterocycles. The van der Waals surface area contributed by atoms with Gasteiger partial charge in [0.15, 0.2) is 0 Å². The Morgan fingerprint density at radius 3 is 2.68 bits per heavy atom. The first kappa shape index (κ1) is 12.7. The van der Waals surface area contributed by atoms with E-state index in [1.807, 2.05) is 25.2 Å². The summed E-state index contributed by atoms with van der Waals surface area (Å²) in [6.45, 7) is 4.47. The van der Waals surface area contributed by atoms with E-state index < -0.39 is 5.60 Å². The van der Waals surface area contributed by atoms with Gasteiger partial charge in [0.2, 0.25) is 0 Å². The topological polar surface area (TPSA) is 38.1 Å². The fourth-order valence-electron chi connectivity index (χ4n) is 3.18. The van der Waals surface area contributed by atoms with Crippen molar-refractivity contribution >= 4 is 11.0 Å². The maximum Gasteiger partial charge on any atom is 0.112 e. The van der Waals surface area contributed by atoms with E-state index in [0.717, 1.165) is 29.7 Å². The second kappa shape index (κ2) is 4.34. The molecule has 1 saturated carbocycles. The monoisotopic (exact) mass is 258 g/mol. The number of nitrogens with zero attached hydrogens (tertiary/aromatic N) is 2. The standard InChI is InChI=1S/C16H22N2O/c1-11(2)12-8-16(19,9-12)10-15-17-13-6-4-5-7-14(13)18(15)3/h4-7,11-12,19H,8-10H2,1-3H3. The average Bonchev–Trinajstić information content (AvgIpc) is 2.63. The lowest BCUT2D eigenvalue weighted by Gasteiger charge is -2.45. The highest BCUT2D eigenvalue weighted by Crippen LogP contribution is 2.43. The van der Waals surface area contributed by atoms with Crippen LogP contribution in [-0.4, -0.2) is 20.3 Å². The molecule has 1 N–H and O–H groups in total. The van der Waals surface area contributed by atoms with Gasteiger partial charge in [-0.15, -0.1) is 0 Å². The van der Waals surface area contributed by atoms with Crippen LogP contribution in [-0.2, 0) is 13.5 Å². The number of hydrogen-bond donors (Lipinski definition) is 1. The predicted molar refractivity (Wildman–Crippen MR) is 76.9 cm³/mol. The molecule has 3 nitrogen and oxygen atoms in total. The maximum atomic E-state index is 10.6. The highest BCUT2D eigenvalue weighted by atomic mass is 16.3. The van der Waals surface area contributed by atoms with E-state index in [1.54, 1.807) is 0 Å². The van der Waals surface area contributed by atoms with Crippen LogP contribution in [0.2, 0.25) is 0 Å². The van der Waals surface area contributed by atoms with Gasteiger partial charge < -0.3 is 9.67 Å². The molecule has 0 radical (unpaired) electrons. The fraction of sp³-hybridized carbons (Fsp3) is 0.562. The van der Waals surface area contributed by atoms with Gasteiger partial charge in [-0.2, -0.15) is 0 Å². The lowest BCUT2D eigenvalue weighted by molar-refractivity contribution is -0.0875. The van der Waals surface area contributed by atoms with Gasteiger partial charge in [0.05, 0.1) is 16.6 Å². The van der Waals surface area contributed by atoms with E-state index in [4.69, 9.17) is 0 Å². The van der Waals surface area contributed by atoms with Crippen molar-refractivity contribution in [1.29, 1.82) is 0 Å². The zero-order valence-electron chi connectivity index (χ0n) is 11.9. The third kappa shape index (κ3) is 2.16. The molecule has 1 heterocycles. The van der Waals surface area contributed by atoms with Crippen molar-refractivity contribution in [3.8, 4) is 0 Å². The zero-order chi connectivity index (χ0) is 13.6. The molecule has 0 bridgehead atoms. The Labute approximate surface area is 114 Å². The molecule has 2 aromatic rings. The summed E-state index contributed by atoms with van der Waals surface area (Å²) in [5.74, 6) is 2.33. The minimum Gasteiger partial charge on any atom is -0.389 e. The molecule has 3 rings (SSSR count). The first-order chi connectivity index (χ1) is 8.98. The number of aryl methyl sites for hydroxylation is 1. The Bertz CT molecular complexity index is 594. The highest BCUT2D eigenvalue weighted by Gasteiger charge is 2.44. The zero-order valence-corrected chi connectivity index (χ0v) is 11.9. The van der Waals surface area contributed by atoms with Gasteiger partial charge in [-0.05, 0) is 36.8 Å². The molecule has 0 aliphatic heterocycles. The maximum absolute atomic E-state index is 10.6. The summed E-state index contributed by atoms with van der Waals surface area (Å²) in [5.41, 5.74) is 1.62. The molecular formula is C16H22N2O. The van der Waals surface area contributed by atoms with E-state index in [0.29, 0.717) is 18.3 Å². The van der Waals surface area contributed by atoms with Crippen LogP contribution in [0, 0.1) is 11.8 Å². The Kier molecular flexibility index (Phi) is 2.90. The molecule has 19 heavy (non-hydrogen) atoms. The van der Waals surface area contributed by atoms with Crippen LogP contribution in [0.5, 0.6) is 0 Å². The van der Waals surface area contributed by atoms with Crippen molar-refractivity contribution in [2.45, 2.75) is 38.7 Å². The minimum atomic E-state index is -0.538. The van der Waals surface area contributed by atoms with Gasteiger partial charge >= 0.3 is 0 Å². The summed E-state index contributed by atoms with van der Waals surface area (Å²) in [5, 5.41) is 10.6. The smallest absolute Gasteiger partial charge is 0.112 e. The summed E-state index contributed by atoms with van der Waals surface area (Å²) in [4.78, 5) is 4.65. The SMILES string of the molecule is CC(C)C1CC(O)(Cc2nc3ccccc3n2C)C1. The number of rotatable bonds is 3. The van der Waals surface area contributed by atoms with Crippen molar-refractivity contribution in [1.82, 2.24) is 9.55 Å². The molecule has 0 unspecified atom stereocenters. The molecule has 0 atom stereocenters. The van der Waals surface area contributed by atoms with Gasteiger partial charge in [0.25, 0.3) is 0 Å². The predicted octanol–water partition coefficient (Wildman–Crippen LogP) is 2.91. The summed E-state index contributed by atoms with van der Waals surface area (Å²) in [6, 6.07) is 8.14. The number of hydrogen-bond acceptors (Lipinski definition) is 2. The number of aromatic nitrogens is 2. The molecular weight excluding hydrogens is 236 g/mol. The van der Waals surface area contributed by atoms with Crippen LogP contribution in [0.1, 0.15) is 32.5 Å². The first-order valence-electron chi connectivity index (χ1n) is 7.11. The van der Waals surface area contributed by atoms with Crippen LogP contribution in [0.15, 0.2) is 24.3 Å². The van der Waals surface area contributed by atoms with E-state index in [9.17, 15) is 5.11 Å². The van der Waals surface area contributed by atoms with Gasteiger partial charge in [0, 0.05) is 13.5 Å². The Morgan fingerprint density at radius 2 is 2.05 bits per heavy atom. The van der Waals surface area contributed by atoms with Gasteiger partial charge in [-0.25, -0.2) is 4.98 Å². The van der Waals surface area contributed by atoms with Gasteiger partial charge in [-0.1, -0.05) is 26.0 Å². The number of para-hydroxylation sites is 2. The Morgan fingerprint density at radius 1 is 1.37 bits per heavy atom. The van der Waals surface area contributed by atoms with E-state index in [2.05, 4.69) is 29.5 Å². The number of imidazole rings is 1. The third-order valence-electron chi connectivity index (χ3n) is 4.59. The summed E-state index contributed by atoms with van der Waals surface area (Å²) in [6.07, 6.45) is 2.49. The third-order valence-corrected chi connectivity index (χ3v) is 4.59. The second-order valence-electron chi connectivity index (χ2n) is 6.39. The van der Waals surface area contributed by atoms with Crippen LogP contribution < -0.4 is 0 Å². The van der Waals surface area contributed by atoms with Crippen molar-refractivity contribution < 1.29 is 5.11 Å². The molecule has 1 aliphatic carbocycles. The van der Waals surface area contributed by atoms with Crippen LogP contribution in [0.4, 0.5) is 0 Å². The van der Waals surface area contributed by atoms with Crippen molar-refractivity contribution in [3.05, 3.63) is 30.1 Å². The molecule has 0 amide bonds. The molecule has 3 heteroatoms. The molecule has 1 aliphatic rings. The lowest BCUT2D eigenvalue weighted by atomic mass is 9.65. The minimum absolute atomic E-state index is 0.538. The second-order valence-corrected chi connectivity index (χ2v) is 6.39. The van der Waals surface area contributed by atoms with Crippen molar-refractivity contribution in [3.63, 3.8) is 0 Å². The molecule has 1 aromatic carbocycles. The molecule has 1 fully saturated rings. The number of aliphatic hydroxyl groups is 1.